The van der Waals surface area contributed by atoms with Gasteiger partial charge in [0.05, 0.1) is 0 Å². The van der Waals surface area contributed by atoms with Crippen molar-refractivity contribution in [2.75, 3.05) is 13.1 Å². The predicted octanol–water partition coefficient (Wildman–Crippen LogP) is 2.59. The third-order valence-corrected chi connectivity index (χ3v) is 3.53. The molecule has 0 N–H and O–H groups in total. The first-order valence-electron chi connectivity index (χ1n) is 6.26. The minimum absolute atomic E-state index is 0.311. The summed E-state index contributed by atoms with van der Waals surface area (Å²) in [6, 6.07) is 2.01. The molecule has 0 aromatic carbocycles. The second-order valence-electron chi connectivity index (χ2n) is 6.31. The van der Waals surface area contributed by atoms with Crippen LogP contribution in [-0.2, 0) is 0 Å². The average Bonchev–Trinajstić information content (AvgIpc) is 1.99. The molecule has 0 amide bonds. The van der Waals surface area contributed by atoms with Crippen molar-refractivity contribution in [3.8, 4) is 0 Å². The topological polar surface area (TPSA) is 6.48 Å². The molecule has 2 nitrogen and oxygen atoms in total. The molecule has 1 saturated heterocycles. The molecule has 1 fully saturated rings. The summed E-state index contributed by atoms with van der Waals surface area (Å²) in [4.78, 5) is 5.25. The zero-order valence-corrected chi connectivity index (χ0v) is 11.5. The highest BCUT2D eigenvalue weighted by Gasteiger charge is 2.35. The van der Waals surface area contributed by atoms with Crippen LogP contribution in [0.15, 0.2) is 0 Å². The van der Waals surface area contributed by atoms with Crippen LogP contribution in [0.5, 0.6) is 0 Å². The number of piperazine rings is 1. The number of hydrogen-bond donors (Lipinski definition) is 0. The molecular formula is C13H28N2. The third kappa shape index (κ3) is 2.94. The molecule has 0 spiro atoms. The molecule has 0 saturated carbocycles. The zero-order valence-electron chi connectivity index (χ0n) is 11.5. The Bertz CT molecular complexity index is 193. The van der Waals surface area contributed by atoms with Gasteiger partial charge in [-0.25, -0.2) is 0 Å². The van der Waals surface area contributed by atoms with E-state index < -0.39 is 0 Å². The Kier molecular flexibility index (Phi) is 3.83. The molecule has 1 aliphatic heterocycles. The highest BCUT2D eigenvalue weighted by molar-refractivity contribution is 4.91. The first-order chi connectivity index (χ1) is 6.73. The average molecular weight is 212 g/mol. The van der Waals surface area contributed by atoms with Crippen LogP contribution in [0, 0.1) is 0 Å². The molecule has 0 unspecified atom stereocenters. The standard InChI is InChI=1S/C13H28N2/c1-10(2)15-11(3)8-14(9-12(15)4)13(5,6)7/h10-12H,8-9H2,1-7H3/t11-,12+. The van der Waals surface area contributed by atoms with E-state index in [0.717, 1.165) is 0 Å². The molecule has 1 aliphatic rings. The van der Waals surface area contributed by atoms with Crippen molar-refractivity contribution >= 4 is 0 Å². The lowest BCUT2D eigenvalue weighted by Crippen LogP contribution is -2.62. The molecule has 2 atom stereocenters. The fourth-order valence-electron chi connectivity index (χ4n) is 2.90. The Morgan fingerprint density at radius 3 is 1.67 bits per heavy atom. The Morgan fingerprint density at radius 1 is 1.00 bits per heavy atom. The summed E-state index contributed by atoms with van der Waals surface area (Å²) in [6.45, 7) is 18.7. The van der Waals surface area contributed by atoms with Gasteiger partial charge in [-0.3, -0.25) is 9.80 Å². The third-order valence-electron chi connectivity index (χ3n) is 3.53. The summed E-state index contributed by atoms with van der Waals surface area (Å²) in [5.74, 6) is 0. The van der Waals surface area contributed by atoms with Gasteiger partial charge in [-0.05, 0) is 48.5 Å². The molecule has 1 rings (SSSR count). The lowest BCUT2D eigenvalue weighted by atomic mass is 9.98. The SMILES string of the molecule is CC(C)N1[C@H](C)CN(C(C)(C)C)C[C@@H]1C. The lowest BCUT2D eigenvalue weighted by molar-refractivity contribution is -0.0210. The Labute approximate surface area is 95.6 Å². The minimum atomic E-state index is 0.311. The number of rotatable bonds is 1. The molecular weight excluding hydrogens is 184 g/mol. The van der Waals surface area contributed by atoms with E-state index in [1.165, 1.54) is 13.1 Å². The van der Waals surface area contributed by atoms with Gasteiger partial charge < -0.3 is 0 Å². The summed E-state index contributed by atoms with van der Waals surface area (Å²) in [5, 5.41) is 0. The van der Waals surface area contributed by atoms with Crippen LogP contribution < -0.4 is 0 Å². The summed E-state index contributed by atoms with van der Waals surface area (Å²) >= 11 is 0. The van der Waals surface area contributed by atoms with E-state index in [9.17, 15) is 0 Å². The van der Waals surface area contributed by atoms with Crippen LogP contribution in [0.3, 0.4) is 0 Å². The van der Waals surface area contributed by atoms with E-state index in [-0.39, 0.29) is 0 Å². The van der Waals surface area contributed by atoms with Crippen molar-refractivity contribution in [2.45, 2.75) is 72.1 Å². The van der Waals surface area contributed by atoms with Crippen molar-refractivity contribution in [1.82, 2.24) is 9.80 Å². The monoisotopic (exact) mass is 212 g/mol. The molecule has 2 heteroatoms. The van der Waals surface area contributed by atoms with Gasteiger partial charge in [0.25, 0.3) is 0 Å². The van der Waals surface area contributed by atoms with E-state index >= 15 is 0 Å². The maximum absolute atomic E-state index is 2.64. The van der Waals surface area contributed by atoms with Gasteiger partial charge in [0.2, 0.25) is 0 Å². The first-order valence-corrected chi connectivity index (χ1v) is 6.26. The highest BCUT2D eigenvalue weighted by Crippen LogP contribution is 2.24. The van der Waals surface area contributed by atoms with Gasteiger partial charge in [-0.1, -0.05) is 0 Å². The van der Waals surface area contributed by atoms with Crippen LogP contribution in [0.4, 0.5) is 0 Å². The molecule has 1 heterocycles. The van der Waals surface area contributed by atoms with Crippen molar-refractivity contribution in [3.63, 3.8) is 0 Å². The quantitative estimate of drug-likeness (QED) is 0.659. The lowest BCUT2D eigenvalue weighted by Gasteiger charge is -2.50. The van der Waals surface area contributed by atoms with Crippen LogP contribution in [0.1, 0.15) is 48.5 Å². The minimum Gasteiger partial charge on any atom is -0.295 e. The summed E-state index contributed by atoms with van der Waals surface area (Å²) < 4.78 is 0. The molecule has 90 valence electrons. The molecule has 0 radical (unpaired) electrons. The fourth-order valence-corrected chi connectivity index (χ4v) is 2.90. The summed E-state index contributed by atoms with van der Waals surface area (Å²) in [6.07, 6.45) is 0. The molecule has 0 bridgehead atoms. The van der Waals surface area contributed by atoms with Gasteiger partial charge >= 0.3 is 0 Å². The largest absolute Gasteiger partial charge is 0.295 e. The molecule has 15 heavy (non-hydrogen) atoms. The van der Waals surface area contributed by atoms with Crippen LogP contribution >= 0.6 is 0 Å². The highest BCUT2D eigenvalue weighted by atomic mass is 15.3. The Balaban J connectivity index is 2.71. The van der Waals surface area contributed by atoms with Gasteiger partial charge in [-0.15, -0.1) is 0 Å². The predicted molar refractivity (Wildman–Crippen MR) is 67.2 cm³/mol. The smallest absolute Gasteiger partial charge is 0.0201 e. The maximum Gasteiger partial charge on any atom is 0.0201 e. The number of hydrogen-bond acceptors (Lipinski definition) is 2. The van der Waals surface area contributed by atoms with Crippen molar-refractivity contribution in [1.29, 1.82) is 0 Å². The first kappa shape index (κ1) is 13.0. The Hall–Kier alpha value is -0.0800. The van der Waals surface area contributed by atoms with E-state index in [0.29, 0.717) is 23.7 Å². The van der Waals surface area contributed by atoms with E-state index in [1.807, 2.05) is 0 Å². The molecule has 0 aromatic rings. The maximum atomic E-state index is 2.64. The van der Waals surface area contributed by atoms with Crippen LogP contribution in [-0.4, -0.2) is 46.6 Å². The van der Waals surface area contributed by atoms with Gasteiger partial charge in [0.15, 0.2) is 0 Å². The fraction of sp³-hybridized carbons (Fsp3) is 1.00. The molecule has 0 aromatic heterocycles. The van der Waals surface area contributed by atoms with Crippen molar-refractivity contribution < 1.29 is 0 Å². The van der Waals surface area contributed by atoms with Gasteiger partial charge in [0.1, 0.15) is 0 Å². The van der Waals surface area contributed by atoms with Crippen LogP contribution in [0.25, 0.3) is 0 Å². The van der Waals surface area contributed by atoms with Crippen LogP contribution in [0.2, 0.25) is 0 Å². The zero-order chi connectivity index (χ0) is 11.8. The normalized spacial score (nSPS) is 31.2. The van der Waals surface area contributed by atoms with Crippen molar-refractivity contribution in [2.24, 2.45) is 0 Å². The van der Waals surface area contributed by atoms with Gasteiger partial charge in [0, 0.05) is 36.8 Å². The van der Waals surface area contributed by atoms with Crippen molar-refractivity contribution in [3.05, 3.63) is 0 Å². The second-order valence-corrected chi connectivity index (χ2v) is 6.31. The Morgan fingerprint density at radius 2 is 1.40 bits per heavy atom. The van der Waals surface area contributed by atoms with E-state index in [1.54, 1.807) is 0 Å². The second kappa shape index (κ2) is 4.42. The molecule has 0 aliphatic carbocycles. The summed E-state index contributed by atoms with van der Waals surface area (Å²) in [7, 11) is 0. The van der Waals surface area contributed by atoms with E-state index in [4.69, 9.17) is 0 Å². The summed E-state index contributed by atoms with van der Waals surface area (Å²) in [5.41, 5.74) is 0.311. The van der Waals surface area contributed by atoms with Gasteiger partial charge in [-0.2, -0.15) is 0 Å². The van der Waals surface area contributed by atoms with E-state index in [2.05, 4.69) is 58.3 Å². The number of nitrogens with zero attached hydrogens (tertiary/aromatic N) is 2.